The summed E-state index contributed by atoms with van der Waals surface area (Å²) in [5.41, 5.74) is 4.66. The monoisotopic (exact) mass is 216 g/mol. The highest BCUT2D eigenvalue weighted by molar-refractivity contribution is 5.35. The quantitative estimate of drug-likeness (QED) is 0.642. The maximum atomic E-state index is 3.80. The molecule has 0 saturated carbocycles. The highest BCUT2D eigenvalue weighted by Crippen LogP contribution is 2.25. The van der Waals surface area contributed by atoms with Crippen LogP contribution in [0.4, 0.5) is 0 Å². The van der Waals surface area contributed by atoms with Gasteiger partial charge < -0.3 is 0 Å². The number of benzene rings is 1. The van der Waals surface area contributed by atoms with Crippen molar-refractivity contribution in [3.63, 3.8) is 0 Å². The first-order valence-electron chi connectivity index (χ1n) is 6.22. The van der Waals surface area contributed by atoms with Crippen molar-refractivity contribution < 1.29 is 0 Å². The molecule has 1 aromatic carbocycles. The van der Waals surface area contributed by atoms with Crippen LogP contribution in [0.15, 0.2) is 30.9 Å². The Balaban J connectivity index is 3.05. The molecule has 0 heterocycles. The summed E-state index contributed by atoms with van der Waals surface area (Å²) in [6.07, 6.45) is 5.32. The molecule has 0 unspecified atom stereocenters. The van der Waals surface area contributed by atoms with E-state index in [9.17, 15) is 0 Å². The Morgan fingerprint density at radius 3 is 2.38 bits per heavy atom. The van der Waals surface area contributed by atoms with Gasteiger partial charge in [0.1, 0.15) is 0 Å². The fraction of sp³-hybridized carbons (Fsp3) is 0.500. The Hall–Kier alpha value is -1.04. The van der Waals surface area contributed by atoms with Crippen molar-refractivity contribution in [3.05, 3.63) is 47.5 Å². The molecular weight excluding hydrogens is 192 g/mol. The lowest BCUT2D eigenvalue weighted by Crippen LogP contribution is -2.12. The minimum Gasteiger partial charge on any atom is -0.103 e. The average Bonchev–Trinajstić information content (AvgIpc) is 2.24. The minimum atomic E-state index is 0.245. The first kappa shape index (κ1) is 13.0. The lowest BCUT2D eigenvalue weighted by molar-refractivity contribution is 0.589. The predicted molar refractivity (Wildman–Crippen MR) is 73.0 cm³/mol. The van der Waals surface area contributed by atoms with Gasteiger partial charge in [-0.05, 0) is 41.4 Å². The molecule has 0 fully saturated rings. The van der Waals surface area contributed by atoms with Crippen LogP contribution < -0.4 is 0 Å². The molecule has 0 radical (unpaired) electrons. The normalized spacial score (nSPS) is 11.5. The summed E-state index contributed by atoms with van der Waals surface area (Å²) in [4.78, 5) is 0. The van der Waals surface area contributed by atoms with E-state index < -0.39 is 0 Å². The molecule has 0 heteroatoms. The predicted octanol–water partition coefficient (Wildman–Crippen LogP) is 4.67. The first-order valence-corrected chi connectivity index (χ1v) is 6.22. The van der Waals surface area contributed by atoms with Gasteiger partial charge in [-0.25, -0.2) is 0 Å². The molecule has 1 rings (SSSR count). The van der Waals surface area contributed by atoms with Gasteiger partial charge in [0.2, 0.25) is 0 Å². The van der Waals surface area contributed by atoms with Gasteiger partial charge in [-0.15, -0.1) is 6.58 Å². The van der Waals surface area contributed by atoms with Gasteiger partial charge in [0.15, 0.2) is 0 Å². The van der Waals surface area contributed by atoms with E-state index in [1.807, 2.05) is 6.08 Å². The molecule has 16 heavy (non-hydrogen) atoms. The van der Waals surface area contributed by atoms with Crippen LogP contribution in [0.2, 0.25) is 0 Å². The van der Waals surface area contributed by atoms with Gasteiger partial charge in [0.05, 0.1) is 0 Å². The van der Waals surface area contributed by atoms with Crippen molar-refractivity contribution >= 4 is 0 Å². The third-order valence-electron chi connectivity index (χ3n) is 3.07. The summed E-state index contributed by atoms with van der Waals surface area (Å²) < 4.78 is 0. The largest absolute Gasteiger partial charge is 0.103 e. The standard InChI is InChI=1S/C16H24/c1-6-8-9-14-12-15(16(3,4)5)11-10-13(14)7-2/h6,10-12H,1,7-9H2,2-5H3. The number of rotatable bonds is 4. The lowest BCUT2D eigenvalue weighted by atomic mass is 9.84. The second-order valence-electron chi connectivity index (χ2n) is 5.41. The van der Waals surface area contributed by atoms with Gasteiger partial charge in [0, 0.05) is 0 Å². The zero-order valence-electron chi connectivity index (χ0n) is 11.1. The minimum absolute atomic E-state index is 0.245. The number of hydrogen-bond acceptors (Lipinski definition) is 0. The maximum absolute atomic E-state index is 3.80. The second-order valence-corrected chi connectivity index (χ2v) is 5.41. The molecule has 0 atom stereocenters. The second kappa shape index (κ2) is 5.34. The van der Waals surface area contributed by atoms with Crippen molar-refractivity contribution in [2.45, 2.75) is 52.4 Å². The highest BCUT2D eigenvalue weighted by Gasteiger charge is 2.14. The smallest absolute Gasteiger partial charge is 0.0132 e. The molecule has 0 aliphatic rings. The van der Waals surface area contributed by atoms with Gasteiger partial charge in [-0.1, -0.05) is 52.0 Å². The van der Waals surface area contributed by atoms with E-state index in [2.05, 4.69) is 52.5 Å². The zero-order chi connectivity index (χ0) is 12.2. The fourth-order valence-electron chi connectivity index (χ4n) is 1.93. The van der Waals surface area contributed by atoms with Crippen LogP contribution in [0.1, 0.15) is 50.8 Å². The van der Waals surface area contributed by atoms with E-state index in [1.54, 1.807) is 0 Å². The van der Waals surface area contributed by atoms with E-state index in [1.165, 1.54) is 16.7 Å². The Kier molecular flexibility index (Phi) is 4.35. The first-order chi connectivity index (χ1) is 7.49. The third kappa shape index (κ3) is 3.23. The van der Waals surface area contributed by atoms with Gasteiger partial charge in [-0.3, -0.25) is 0 Å². The molecule has 88 valence electrons. The molecule has 0 N–H and O–H groups in total. The van der Waals surface area contributed by atoms with Crippen LogP contribution in [0.3, 0.4) is 0 Å². The van der Waals surface area contributed by atoms with E-state index in [0.29, 0.717) is 0 Å². The Morgan fingerprint density at radius 2 is 1.88 bits per heavy atom. The summed E-state index contributed by atoms with van der Waals surface area (Å²) in [6.45, 7) is 12.8. The third-order valence-corrected chi connectivity index (χ3v) is 3.07. The van der Waals surface area contributed by atoms with Gasteiger partial charge >= 0.3 is 0 Å². The van der Waals surface area contributed by atoms with Crippen molar-refractivity contribution in [2.75, 3.05) is 0 Å². The molecule has 1 aromatic rings. The van der Waals surface area contributed by atoms with Crippen LogP contribution in [0, 0.1) is 0 Å². The maximum Gasteiger partial charge on any atom is -0.0132 e. The molecule has 0 aliphatic heterocycles. The number of aryl methyl sites for hydroxylation is 2. The van der Waals surface area contributed by atoms with E-state index >= 15 is 0 Å². The molecule has 0 spiro atoms. The SMILES string of the molecule is C=CCCc1cc(C(C)(C)C)ccc1CC. The Bertz CT molecular complexity index is 353. The van der Waals surface area contributed by atoms with Gasteiger partial charge in [0.25, 0.3) is 0 Å². The van der Waals surface area contributed by atoms with Crippen LogP contribution in [0.25, 0.3) is 0 Å². The van der Waals surface area contributed by atoms with Crippen LogP contribution in [-0.2, 0) is 18.3 Å². The Morgan fingerprint density at radius 1 is 1.19 bits per heavy atom. The lowest BCUT2D eigenvalue weighted by Gasteiger charge is -2.21. The molecular formula is C16H24. The van der Waals surface area contributed by atoms with Gasteiger partial charge in [-0.2, -0.15) is 0 Å². The fourth-order valence-corrected chi connectivity index (χ4v) is 1.93. The summed E-state index contributed by atoms with van der Waals surface area (Å²) in [6, 6.07) is 6.94. The zero-order valence-corrected chi connectivity index (χ0v) is 11.1. The summed E-state index contributed by atoms with van der Waals surface area (Å²) in [5, 5.41) is 0. The average molecular weight is 216 g/mol. The summed E-state index contributed by atoms with van der Waals surface area (Å²) >= 11 is 0. The van der Waals surface area contributed by atoms with Crippen molar-refractivity contribution in [2.24, 2.45) is 0 Å². The van der Waals surface area contributed by atoms with E-state index in [4.69, 9.17) is 0 Å². The molecule has 0 aliphatic carbocycles. The summed E-state index contributed by atoms with van der Waals surface area (Å²) in [7, 11) is 0. The van der Waals surface area contributed by atoms with E-state index in [0.717, 1.165) is 19.3 Å². The molecule has 0 bridgehead atoms. The molecule has 0 aromatic heterocycles. The summed E-state index contributed by atoms with van der Waals surface area (Å²) in [5.74, 6) is 0. The number of allylic oxidation sites excluding steroid dienone is 1. The Labute approximate surface area is 100 Å². The van der Waals surface area contributed by atoms with Crippen molar-refractivity contribution in [1.82, 2.24) is 0 Å². The molecule has 0 saturated heterocycles. The number of hydrogen-bond donors (Lipinski definition) is 0. The van der Waals surface area contributed by atoms with E-state index in [-0.39, 0.29) is 5.41 Å². The van der Waals surface area contributed by atoms with Crippen LogP contribution in [-0.4, -0.2) is 0 Å². The molecule has 0 amide bonds. The van der Waals surface area contributed by atoms with Crippen LogP contribution >= 0.6 is 0 Å². The van der Waals surface area contributed by atoms with Crippen molar-refractivity contribution in [1.29, 1.82) is 0 Å². The van der Waals surface area contributed by atoms with Crippen molar-refractivity contribution in [3.8, 4) is 0 Å². The highest BCUT2D eigenvalue weighted by atomic mass is 14.2. The van der Waals surface area contributed by atoms with Crippen LogP contribution in [0.5, 0.6) is 0 Å². The molecule has 0 nitrogen and oxygen atoms in total. The topological polar surface area (TPSA) is 0 Å².